The summed E-state index contributed by atoms with van der Waals surface area (Å²) in [5, 5.41) is 3.78. The van der Waals surface area contributed by atoms with Gasteiger partial charge in [-0.3, -0.25) is 0 Å². The van der Waals surface area contributed by atoms with Crippen LogP contribution in [-0.2, 0) is 0 Å². The predicted octanol–water partition coefficient (Wildman–Crippen LogP) is 2.67. The third-order valence-electron chi connectivity index (χ3n) is 5.62. The highest BCUT2D eigenvalue weighted by Crippen LogP contribution is 2.34. The summed E-state index contributed by atoms with van der Waals surface area (Å²) in [5.74, 6) is 2.60. The topological polar surface area (TPSA) is 18.5 Å². The van der Waals surface area contributed by atoms with Crippen LogP contribution in [0, 0.1) is 17.8 Å². The van der Waals surface area contributed by atoms with Crippen LogP contribution in [0.25, 0.3) is 0 Å². The molecule has 4 atom stereocenters. The summed E-state index contributed by atoms with van der Waals surface area (Å²) in [6.07, 6.45) is 4.08. The van der Waals surface area contributed by atoms with Crippen molar-refractivity contribution in [1.29, 1.82) is 0 Å². The summed E-state index contributed by atoms with van der Waals surface area (Å²) in [5.41, 5.74) is 0. The van der Waals surface area contributed by atoms with E-state index in [1.165, 1.54) is 58.5 Å². The first-order chi connectivity index (χ1) is 10.1. The van der Waals surface area contributed by atoms with E-state index in [-0.39, 0.29) is 0 Å². The van der Waals surface area contributed by atoms with Crippen molar-refractivity contribution in [2.24, 2.45) is 17.8 Å². The van der Waals surface area contributed by atoms with E-state index in [9.17, 15) is 0 Å². The maximum Gasteiger partial charge on any atom is 0.0112 e. The van der Waals surface area contributed by atoms with Crippen molar-refractivity contribution in [2.45, 2.75) is 53.0 Å². The van der Waals surface area contributed by atoms with Crippen LogP contribution in [0.2, 0.25) is 0 Å². The largest absolute Gasteiger partial charge is 0.314 e. The molecule has 0 bridgehead atoms. The lowest BCUT2D eigenvalue weighted by molar-refractivity contribution is 0.0686. The fraction of sp³-hybridized carbons (Fsp3) is 1.00. The zero-order chi connectivity index (χ0) is 15.2. The van der Waals surface area contributed by atoms with E-state index in [2.05, 4.69) is 42.8 Å². The Bertz CT molecular complexity index is 286. The first kappa shape index (κ1) is 17.2. The van der Waals surface area contributed by atoms with E-state index in [1.54, 1.807) is 0 Å². The third-order valence-corrected chi connectivity index (χ3v) is 5.62. The quantitative estimate of drug-likeness (QED) is 0.813. The van der Waals surface area contributed by atoms with Gasteiger partial charge in [-0.05, 0) is 50.1 Å². The SMILES string of the molecule is CCCN1CCN(CC2C(C)CC(C)CC2NCC)CC1. The summed E-state index contributed by atoms with van der Waals surface area (Å²) in [6, 6.07) is 0.738. The standard InChI is InChI=1S/C18H37N3/c1-5-7-20-8-10-21(11-9-20)14-17-16(4)12-15(3)13-18(17)19-6-2/h15-19H,5-14H2,1-4H3. The van der Waals surface area contributed by atoms with Crippen LogP contribution < -0.4 is 5.32 Å². The number of nitrogens with zero attached hydrogens (tertiary/aromatic N) is 2. The minimum atomic E-state index is 0.738. The van der Waals surface area contributed by atoms with Gasteiger partial charge in [0.25, 0.3) is 0 Å². The van der Waals surface area contributed by atoms with Gasteiger partial charge in [0.05, 0.1) is 0 Å². The molecule has 0 radical (unpaired) electrons. The van der Waals surface area contributed by atoms with Crippen molar-refractivity contribution in [3.63, 3.8) is 0 Å². The van der Waals surface area contributed by atoms with Crippen LogP contribution in [0.5, 0.6) is 0 Å². The van der Waals surface area contributed by atoms with Crippen molar-refractivity contribution in [3.8, 4) is 0 Å². The maximum absolute atomic E-state index is 3.78. The summed E-state index contributed by atoms with van der Waals surface area (Å²) < 4.78 is 0. The van der Waals surface area contributed by atoms with Crippen LogP contribution >= 0.6 is 0 Å². The van der Waals surface area contributed by atoms with Crippen molar-refractivity contribution in [1.82, 2.24) is 15.1 Å². The number of rotatable bonds is 6. The molecule has 1 aliphatic carbocycles. The minimum Gasteiger partial charge on any atom is -0.314 e. The third kappa shape index (κ3) is 4.94. The number of nitrogens with one attached hydrogen (secondary N) is 1. The Kier molecular flexibility index (Phi) is 6.97. The first-order valence-electron chi connectivity index (χ1n) is 9.32. The van der Waals surface area contributed by atoms with Crippen LogP contribution in [-0.4, -0.2) is 61.7 Å². The smallest absolute Gasteiger partial charge is 0.0112 e. The number of hydrogen-bond donors (Lipinski definition) is 1. The lowest BCUT2D eigenvalue weighted by Gasteiger charge is -2.44. The van der Waals surface area contributed by atoms with Gasteiger partial charge in [0.15, 0.2) is 0 Å². The van der Waals surface area contributed by atoms with E-state index in [0.717, 1.165) is 30.3 Å². The molecular formula is C18H37N3. The van der Waals surface area contributed by atoms with Gasteiger partial charge in [-0.15, -0.1) is 0 Å². The van der Waals surface area contributed by atoms with Crippen molar-refractivity contribution >= 4 is 0 Å². The first-order valence-corrected chi connectivity index (χ1v) is 9.32. The van der Waals surface area contributed by atoms with E-state index >= 15 is 0 Å². The number of hydrogen-bond acceptors (Lipinski definition) is 3. The van der Waals surface area contributed by atoms with Gasteiger partial charge in [-0.2, -0.15) is 0 Å². The molecule has 2 fully saturated rings. The lowest BCUT2D eigenvalue weighted by Crippen LogP contribution is -2.53. The fourth-order valence-corrected chi connectivity index (χ4v) is 4.52. The van der Waals surface area contributed by atoms with E-state index < -0.39 is 0 Å². The molecule has 1 N–H and O–H groups in total. The predicted molar refractivity (Wildman–Crippen MR) is 91.7 cm³/mol. The van der Waals surface area contributed by atoms with E-state index in [4.69, 9.17) is 0 Å². The summed E-state index contributed by atoms with van der Waals surface area (Å²) in [7, 11) is 0. The molecule has 0 spiro atoms. The monoisotopic (exact) mass is 295 g/mol. The molecule has 1 aliphatic heterocycles. The zero-order valence-electron chi connectivity index (χ0n) is 14.8. The Morgan fingerprint density at radius 2 is 1.62 bits per heavy atom. The fourth-order valence-electron chi connectivity index (χ4n) is 4.52. The molecule has 0 aromatic heterocycles. The summed E-state index contributed by atoms with van der Waals surface area (Å²) in [6.45, 7) is 18.3. The van der Waals surface area contributed by atoms with Crippen LogP contribution in [0.3, 0.4) is 0 Å². The molecule has 124 valence electrons. The average molecular weight is 296 g/mol. The van der Waals surface area contributed by atoms with E-state index in [1.807, 2.05) is 0 Å². The molecule has 3 nitrogen and oxygen atoms in total. The van der Waals surface area contributed by atoms with Crippen molar-refractivity contribution < 1.29 is 0 Å². The molecule has 1 saturated heterocycles. The average Bonchev–Trinajstić information content (AvgIpc) is 2.45. The van der Waals surface area contributed by atoms with Gasteiger partial charge in [0.1, 0.15) is 0 Å². The zero-order valence-corrected chi connectivity index (χ0v) is 14.8. The maximum atomic E-state index is 3.78. The molecule has 1 heterocycles. The normalized spacial score (nSPS) is 36.0. The Labute approximate surface area is 132 Å². The van der Waals surface area contributed by atoms with Crippen molar-refractivity contribution in [2.75, 3.05) is 45.8 Å². The van der Waals surface area contributed by atoms with Crippen molar-refractivity contribution in [3.05, 3.63) is 0 Å². The second kappa shape index (κ2) is 8.50. The lowest BCUT2D eigenvalue weighted by atomic mass is 9.72. The molecule has 4 unspecified atom stereocenters. The van der Waals surface area contributed by atoms with E-state index in [0.29, 0.717) is 0 Å². The molecule has 21 heavy (non-hydrogen) atoms. The van der Waals surface area contributed by atoms with Crippen LogP contribution in [0.4, 0.5) is 0 Å². The van der Waals surface area contributed by atoms with Gasteiger partial charge in [-0.25, -0.2) is 0 Å². The highest BCUT2D eigenvalue weighted by molar-refractivity contribution is 4.90. The molecule has 0 amide bonds. The second-order valence-corrected chi connectivity index (χ2v) is 7.52. The van der Waals surface area contributed by atoms with Crippen LogP contribution in [0.15, 0.2) is 0 Å². The molecule has 2 rings (SSSR count). The van der Waals surface area contributed by atoms with Gasteiger partial charge in [0, 0.05) is 38.8 Å². The Morgan fingerprint density at radius 3 is 2.24 bits per heavy atom. The Morgan fingerprint density at radius 1 is 0.952 bits per heavy atom. The van der Waals surface area contributed by atoms with Gasteiger partial charge in [-0.1, -0.05) is 27.7 Å². The summed E-state index contributed by atoms with van der Waals surface area (Å²) >= 11 is 0. The minimum absolute atomic E-state index is 0.738. The summed E-state index contributed by atoms with van der Waals surface area (Å²) in [4.78, 5) is 5.36. The molecule has 0 aromatic carbocycles. The molecule has 2 aliphatic rings. The second-order valence-electron chi connectivity index (χ2n) is 7.52. The molecule has 0 aromatic rings. The molecule has 3 heteroatoms. The Balaban J connectivity index is 1.85. The van der Waals surface area contributed by atoms with Gasteiger partial charge in [0.2, 0.25) is 0 Å². The number of piperazine rings is 1. The Hall–Kier alpha value is -0.120. The highest BCUT2D eigenvalue weighted by atomic mass is 15.3. The van der Waals surface area contributed by atoms with Crippen LogP contribution in [0.1, 0.15) is 47.0 Å². The van der Waals surface area contributed by atoms with Gasteiger partial charge >= 0.3 is 0 Å². The molecular weight excluding hydrogens is 258 g/mol. The highest BCUT2D eigenvalue weighted by Gasteiger charge is 2.34. The molecule has 1 saturated carbocycles. The van der Waals surface area contributed by atoms with Gasteiger partial charge < -0.3 is 15.1 Å².